The van der Waals surface area contributed by atoms with Gasteiger partial charge in [-0.05, 0) is 43.4 Å². The van der Waals surface area contributed by atoms with Crippen LogP contribution in [0.5, 0.6) is 0 Å². The van der Waals surface area contributed by atoms with Crippen LogP contribution in [0.1, 0.15) is 48.0 Å². The maximum Gasteiger partial charge on any atom is 0.253 e. The topological polar surface area (TPSA) is 75.4 Å². The predicted octanol–water partition coefficient (Wildman–Crippen LogP) is 2.96. The molecule has 1 aliphatic rings. The zero-order valence-electron chi connectivity index (χ0n) is 14.7. The Morgan fingerprint density at radius 1 is 1.25 bits per heavy atom. The lowest BCUT2D eigenvalue weighted by molar-refractivity contribution is -0.117. The Morgan fingerprint density at radius 3 is 2.54 bits per heavy atom. The molecular formula is C18H28ClN3O2. The van der Waals surface area contributed by atoms with Gasteiger partial charge in [0, 0.05) is 37.8 Å². The van der Waals surface area contributed by atoms with Gasteiger partial charge in [-0.15, -0.1) is 12.4 Å². The number of aryl methyl sites for hydroxylation is 1. The van der Waals surface area contributed by atoms with E-state index >= 15 is 0 Å². The molecule has 3 N–H and O–H groups in total. The summed E-state index contributed by atoms with van der Waals surface area (Å²) in [5, 5.41) is 2.95. The summed E-state index contributed by atoms with van der Waals surface area (Å²) in [6, 6.07) is 5.51. The van der Waals surface area contributed by atoms with Crippen LogP contribution in [-0.4, -0.2) is 36.9 Å². The molecule has 1 aliphatic carbocycles. The summed E-state index contributed by atoms with van der Waals surface area (Å²) >= 11 is 0. The average Bonchev–Trinajstić information content (AvgIpc) is 2.51. The highest BCUT2D eigenvalue weighted by atomic mass is 35.5. The maximum absolute atomic E-state index is 12.3. The molecule has 1 saturated carbocycles. The van der Waals surface area contributed by atoms with E-state index in [1.807, 2.05) is 13.0 Å². The summed E-state index contributed by atoms with van der Waals surface area (Å²) in [7, 11) is 3.43. The van der Waals surface area contributed by atoms with Crippen molar-refractivity contribution >= 4 is 29.9 Å². The van der Waals surface area contributed by atoms with Crippen LogP contribution in [0.3, 0.4) is 0 Å². The van der Waals surface area contributed by atoms with E-state index in [4.69, 9.17) is 5.73 Å². The van der Waals surface area contributed by atoms with Crippen LogP contribution in [0.25, 0.3) is 0 Å². The second-order valence-electron chi connectivity index (χ2n) is 6.69. The molecule has 1 fully saturated rings. The second-order valence-corrected chi connectivity index (χ2v) is 6.69. The minimum atomic E-state index is -0.0743. The number of amides is 2. The summed E-state index contributed by atoms with van der Waals surface area (Å²) in [6.45, 7) is 1.92. The molecule has 0 aliphatic heterocycles. The first-order valence-electron chi connectivity index (χ1n) is 8.26. The van der Waals surface area contributed by atoms with Crippen LogP contribution in [-0.2, 0) is 4.79 Å². The highest BCUT2D eigenvalue weighted by Crippen LogP contribution is 2.26. The van der Waals surface area contributed by atoms with E-state index in [1.165, 1.54) is 4.90 Å². The Balaban J connectivity index is 0.00000288. The first-order chi connectivity index (χ1) is 10.9. The van der Waals surface area contributed by atoms with Crippen LogP contribution in [0.15, 0.2) is 18.2 Å². The molecule has 0 radical (unpaired) electrons. The fourth-order valence-corrected chi connectivity index (χ4v) is 3.08. The predicted molar refractivity (Wildman–Crippen MR) is 99.6 cm³/mol. The molecular weight excluding hydrogens is 326 g/mol. The highest BCUT2D eigenvalue weighted by Gasteiger charge is 2.24. The molecule has 2 rings (SSSR count). The van der Waals surface area contributed by atoms with Crippen molar-refractivity contribution < 1.29 is 9.59 Å². The molecule has 0 aromatic heterocycles. The first-order valence-corrected chi connectivity index (χ1v) is 8.26. The summed E-state index contributed by atoms with van der Waals surface area (Å²) in [5.41, 5.74) is 8.34. The van der Waals surface area contributed by atoms with Crippen molar-refractivity contribution in [1.82, 2.24) is 4.90 Å². The van der Waals surface area contributed by atoms with Crippen molar-refractivity contribution in [3.05, 3.63) is 29.3 Å². The van der Waals surface area contributed by atoms with E-state index in [9.17, 15) is 9.59 Å². The SMILES string of the molecule is Cc1ccc(C(=O)N(C)C)cc1NC(=O)CC1CCCCC1N.Cl. The van der Waals surface area contributed by atoms with Gasteiger partial charge >= 0.3 is 0 Å². The Bertz CT molecular complexity index is 590. The molecule has 2 amide bonds. The van der Waals surface area contributed by atoms with E-state index in [2.05, 4.69) is 5.32 Å². The molecule has 0 saturated heterocycles. The third-order valence-electron chi connectivity index (χ3n) is 4.58. The molecule has 2 unspecified atom stereocenters. The molecule has 134 valence electrons. The summed E-state index contributed by atoms with van der Waals surface area (Å²) in [5.74, 6) is 0.162. The van der Waals surface area contributed by atoms with Gasteiger partial charge in [-0.3, -0.25) is 9.59 Å². The lowest BCUT2D eigenvalue weighted by atomic mass is 9.83. The fourth-order valence-electron chi connectivity index (χ4n) is 3.08. The van der Waals surface area contributed by atoms with Crippen molar-refractivity contribution in [3.63, 3.8) is 0 Å². The number of benzene rings is 1. The lowest BCUT2D eigenvalue weighted by Gasteiger charge is -2.28. The summed E-state index contributed by atoms with van der Waals surface area (Å²) in [4.78, 5) is 25.9. The average molecular weight is 354 g/mol. The second kappa shape index (κ2) is 9.04. The Labute approximate surface area is 150 Å². The maximum atomic E-state index is 12.3. The van der Waals surface area contributed by atoms with Gasteiger partial charge in [0.2, 0.25) is 5.91 Å². The molecule has 24 heavy (non-hydrogen) atoms. The minimum Gasteiger partial charge on any atom is -0.345 e. The van der Waals surface area contributed by atoms with E-state index < -0.39 is 0 Å². The number of hydrogen-bond donors (Lipinski definition) is 2. The van der Waals surface area contributed by atoms with E-state index in [-0.39, 0.29) is 36.2 Å². The van der Waals surface area contributed by atoms with Crippen molar-refractivity contribution in [1.29, 1.82) is 0 Å². The molecule has 0 bridgehead atoms. The quantitative estimate of drug-likeness (QED) is 0.873. The number of nitrogens with zero attached hydrogens (tertiary/aromatic N) is 1. The molecule has 1 aromatic rings. The number of halogens is 1. The molecule has 2 atom stereocenters. The largest absolute Gasteiger partial charge is 0.345 e. The number of carbonyl (C=O) groups excluding carboxylic acids is 2. The van der Waals surface area contributed by atoms with Gasteiger partial charge < -0.3 is 16.0 Å². The third kappa shape index (κ3) is 5.21. The smallest absolute Gasteiger partial charge is 0.253 e. The van der Waals surface area contributed by atoms with Crippen LogP contribution in [0.4, 0.5) is 5.69 Å². The van der Waals surface area contributed by atoms with Gasteiger partial charge in [0.1, 0.15) is 0 Å². The number of anilines is 1. The van der Waals surface area contributed by atoms with Crippen molar-refractivity contribution in [2.24, 2.45) is 11.7 Å². The van der Waals surface area contributed by atoms with Crippen LogP contribution in [0.2, 0.25) is 0 Å². The van der Waals surface area contributed by atoms with Crippen molar-refractivity contribution in [2.75, 3.05) is 19.4 Å². The van der Waals surface area contributed by atoms with Crippen molar-refractivity contribution in [2.45, 2.75) is 45.1 Å². The van der Waals surface area contributed by atoms with Crippen LogP contribution >= 0.6 is 12.4 Å². The molecule has 0 spiro atoms. The normalized spacial score (nSPS) is 20.0. The molecule has 0 heterocycles. The van der Waals surface area contributed by atoms with Crippen molar-refractivity contribution in [3.8, 4) is 0 Å². The van der Waals surface area contributed by atoms with E-state index in [0.29, 0.717) is 17.7 Å². The lowest BCUT2D eigenvalue weighted by Crippen LogP contribution is -2.35. The first kappa shape index (κ1) is 20.5. The fraction of sp³-hybridized carbons (Fsp3) is 0.556. The van der Waals surface area contributed by atoms with Gasteiger partial charge in [-0.2, -0.15) is 0 Å². The monoisotopic (exact) mass is 353 g/mol. The van der Waals surface area contributed by atoms with Gasteiger partial charge in [0.15, 0.2) is 0 Å². The molecule has 1 aromatic carbocycles. The number of carbonyl (C=O) groups is 2. The van der Waals surface area contributed by atoms with Gasteiger partial charge in [-0.25, -0.2) is 0 Å². The summed E-state index contributed by atoms with van der Waals surface area (Å²) in [6.07, 6.45) is 4.79. The minimum absolute atomic E-state index is 0. The standard InChI is InChI=1S/C18H27N3O2.ClH/c1-12-8-9-14(18(23)21(2)3)10-16(12)20-17(22)11-13-6-4-5-7-15(13)19;/h8-10,13,15H,4-7,11,19H2,1-3H3,(H,20,22);1H. The number of nitrogens with two attached hydrogens (primary N) is 1. The number of nitrogens with one attached hydrogen (secondary N) is 1. The van der Waals surface area contributed by atoms with Gasteiger partial charge in [0.25, 0.3) is 5.91 Å². The Hall–Kier alpha value is -1.59. The highest BCUT2D eigenvalue weighted by molar-refractivity contribution is 5.97. The third-order valence-corrected chi connectivity index (χ3v) is 4.58. The summed E-state index contributed by atoms with van der Waals surface area (Å²) < 4.78 is 0. The van der Waals surface area contributed by atoms with E-state index in [1.54, 1.807) is 26.2 Å². The Kier molecular flexibility index (Phi) is 7.70. The molecule has 6 heteroatoms. The van der Waals surface area contributed by atoms with Gasteiger partial charge in [0.05, 0.1) is 0 Å². The van der Waals surface area contributed by atoms with Gasteiger partial charge in [-0.1, -0.05) is 18.9 Å². The zero-order valence-corrected chi connectivity index (χ0v) is 15.5. The van der Waals surface area contributed by atoms with Crippen LogP contribution in [0, 0.1) is 12.8 Å². The number of hydrogen-bond acceptors (Lipinski definition) is 3. The Morgan fingerprint density at radius 2 is 1.92 bits per heavy atom. The van der Waals surface area contributed by atoms with Crippen LogP contribution < -0.4 is 11.1 Å². The molecule has 5 nitrogen and oxygen atoms in total. The van der Waals surface area contributed by atoms with E-state index in [0.717, 1.165) is 31.2 Å². The number of rotatable bonds is 4. The zero-order chi connectivity index (χ0) is 17.0.